The molecule has 3 rings (SSSR count). The Kier molecular flexibility index (Phi) is 5.36. The van der Waals surface area contributed by atoms with Crippen LogP contribution in [0.15, 0.2) is 41.3 Å². The Balaban J connectivity index is 1.92. The lowest BCUT2D eigenvalue weighted by molar-refractivity contribution is -0.137. The number of nitrogens with zero attached hydrogens (tertiary/aromatic N) is 3. The summed E-state index contributed by atoms with van der Waals surface area (Å²) in [6.45, 7) is 3.39. The monoisotopic (exact) mass is 385 g/mol. The van der Waals surface area contributed by atoms with E-state index in [9.17, 15) is 19.5 Å². The molecular formula is C19H19N3O4S. The number of hydrogen-bond donors (Lipinski definition) is 1. The second kappa shape index (κ2) is 7.71. The molecule has 0 aliphatic carbocycles. The van der Waals surface area contributed by atoms with Gasteiger partial charge in [0.25, 0.3) is 11.5 Å². The van der Waals surface area contributed by atoms with Gasteiger partial charge in [-0.05, 0) is 25.8 Å². The van der Waals surface area contributed by atoms with Gasteiger partial charge in [0.15, 0.2) is 4.96 Å². The number of carboxylic acid groups (broad SMARTS) is 1. The minimum Gasteiger partial charge on any atom is -0.480 e. The zero-order valence-electron chi connectivity index (χ0n) is 15.0. The van der Waals surface area contributed by atoms with Crippen LogP contribution < -0.4 is 5.56 Å². The summed E-state index contributed by atoms with van der Waals surface area (Å²) in [4.78, 5) is 43.8. The number of benzene rings is 1. The van der Waals surface area contributed by atoms with E-state index in [1.54, 1.807) is 6.92 Å². The number of thiazole rings is 1. The lowest BCUT2D eigenvalue weighted by atomic mass is 10.1. The van der Waals surface area contributed by atoms with Crippen LogP contribution in [0.2, 0.25) is 0 Å². The summed E-state index contributed by atoms with van der Waals surface area (Å²) in [6, 6.07) is 9.46. The van der Waals surface area contributed by atoms with E-state index < -0.39 is 24.0 Å². The molecule has 8 heteroatoms. The predicted octanol–water partition coefficient (Wildman–Crippen LogP) is 2.14. The Labute approximate surface area is 159 Å². The molecule has 0 saturated carbocycles. The summed E-state index contributed by atoms with van der Waals surface area (Å²) in [5.74, 6) is -1.75. The van der Waals surface area contributed by atoms with Crippen LogP contribution in [0.3, 0.4) is 0 Å². The van der Waals surface area contributed by atoms with E-state index in [2.05, 4.69) is 4.98 Å². The molecule has 2 aromatic heterocycles. The molecule has 1 aromatic carbocycles. The van der Waals surface area contributed by atoms with Crippen molar-refractivity contribution < 1.29 is 14.7 Å². The van der Waals surface area contributed by atoms with Crippen LogP contribution in [0, 0.1) is 13.8 Å². The first-order valence-corrected chi connectivity index (χ1v) is 9.23. The van der Waals surface area contributed by atoms with E-state index in [4.69, 9.17) is 0 Å². The van der Waals surface area contributed by atoms with Gasteiger partial charge in [-0.25, -0.2) is 4.98 Å². The largest absolute Gasteiger partial charge is 0.480 e. The van der Waals surface area contributed by atoms with Crippen LogP contribution in [0.25, 0.3) is 4.96 Å². The van der Waals surface area contributed by atoms with Gasteiger partial charge >= 0.3 is 5.97 Å². The summed E-state index contributed by atoms with van der Waals surface area (Å²) in [6.07, 6.45) is 1.74. The van der Waals surface area contributed by atoms with Crippen molar-refractivity contribution in [1.29, 1.82) is 0 Å². The molecule has 1 amide bonds. The van der Waals surface area contributed by atoms with Gasteiger partial charge in [-0.1, -0.05) is 30.3 Å². The lowest BCUT2D eigenvalue weighted by Gasteiger charge is -2.20. The zero-order chi connectivity index (χ0) is 19.6. The Morgan fingerprint density at radius 2 is 1.93 bits per heavy atom. The Hall–Kier alpha value is -3.00. The quantitative estimate of drug-likeness (QED) is 0.702. The zero-order valence-corrected chi connectivity index (χ0v) is 15.8. The fourth-order valence-corrected chi connectivity index (χ4v) is 3.75. The van der Waals surface area contributed by atoms with Crippen LogP contribution in [-0.4, -0.2) is 44.4 Å². The first-order valence-electron chi connectivity index (χ1n) is 8.41. The van der Waals surface area contributed by atoms with Crippen molar-refractivity contribution in [2.45, 2.75) is 20.3 Å². The number of carboxylic acids is 1. The Morgan fingerprint density at radius 1 is 1.22 bits per heavy atom. The molecule has 0 spiro atoms. The van der Waals surface area contributed by atoms with Crippen LogP contribution >= 0.6 is 11.3 Å². The molecule has 0 aliphatic heterocycles. The molecule has 7 nitrogen and oxygen atoms in total. The highest BCUT2D eigenvalue weighted by Crippen LogP contribution is 2.18. The van der Waals surface area contributed by atoms with Gasteiger partial charge in [-0.2, -0.15) is 0 Å². The highest BCUT2D eigenvalue weighted by atomic mass is 32.1. The average molecular weight is 385 g/mol. The number of hydrogen-bond acceptors (Lipinski definition) is 5. The molecule has 1 N–H and O–H groups in total. The molecule has 0 radical (unpaired) electrons. The molecule has 0 bridgehead atoms. The number of carbonyl (C=O) groups excluding carboxylic acids is 1. The topological polar surface area (TPSA) is 92.0 Å². The molecular weight excluding hydrogens is 366 g/mol. The minimum atomic E-state index is -1.13. The second-order valence-corrected chi connectivity index (χ2v) is 7.38. The molecule has 140 valence electrons. The molecule has 0 aliphatic rings. The van der Waals surface area contributed by atoms with Gasteiger partial charge in [-0.3, -0.25) is 18.8 Å². The van der Waals surface area contributed by atoms with Crippen molar-refractivity contribution in [2.75, 3.05) is 13.1 Å². The summed E-state index contributed by atoms with van der Waals surface area (Å²) in [5.41, 5.74) is 1.12. The van der Waals surface area contributed by atoms with E-state index >= 15 is 0 Å². The second-order valence-electron chi connectivity index (χ2n) is 6.19. The van der Waals surface area contributed by atoms with E-state index in [0.717, 1.165) is 16.1 Å². The normalized spacial score (nSPS) is 10.9. The molecule has 0 atom stereocenters. The van der Waals surface area contributed by atoms with Gasteiger partial charge in [0.1, 0.15) is 12.1 Å². The number of fused-ring (bicyclic) bond motifs is 1. The van der Waals surface area contributed by atoms with E-state index in [1.807, 2.05) is 37.3 Å². The summed E-state index contributed by atoms with van der Waals surface area (Å²) < 4.78 is 1.41. The standard InChI is InChI=1S/C19H19N3O4S/c1-12-13(2)27-19-20-10-15(18(26)22(12)19)17(25)21(11-16(23)24)9-8-14-6-4-3-5-7-14/h3-7,10H,8-9,11H2,1-2H3,(H,23,24). The molecule has 0 fully saturated rings. The number of rotatable bonds is 6. The number of aromatic nitrogens is 2. The van der Waals surface area contributed by atoms with Crippen molar-refractivity contribution >= 4 is 28.2 Å². The number of carbonyl (C=O) groups is 2. The van der Waals surface area contributed by atoms with Crippen molar-refractivity contribution in [3.63, 3.8) is 0 Å². The third-order valence-corrected chi connectivity index (χ3v) is 5.45. The van der Waals surface area contributed by atoms with Gasteiger partial charge in [0, 0.05) is 23.3 Å². The van der Waals surface area contributed by atoms with Gasteiger partial charge in [0.05, 0.1) is 0 Å². The van der Waals surface area contributed by atoms with Crippen LogP contribution in [-0.2, 0) is 11.2 Å². The summed E-state index contributed by atoms with van der Waals surface area (Å²) >= 11 is 1.37. The highest BCUT2D eigenvalue weighted by molar-refractivity contribution is 7.17. The van der Waals surface area contributed by atoms with Crippen LogP contribution in [0.5, 0.6) is 0 Å². The van der Waals surface area contributed by atoms with Crippen molar-refractivity contribution in [3.05, 3.63) is 68.6 Å². The number of amides is 1. The first kappa shape index (κ1) is 18.8. The smallest absolute Gasteiger partial charge is 0.323 e. The van der Waals surface area contributed by atoms with Crippen molar-refractivity contribution in [2.24, 2.45) is 0 Å². The maximum absolute atomic E-state index is 12.9. The Bertz CT molecular complexity index is 1060. The van der Waals surface area contributed by atoms with Crippen LogP contribution in [0.1, 0.15) is 26.5 Å². The average Bonchev–Trinajstić information content (AvgIpc) is 2.94. The molecule has 3 aromatic rings. The first-order chi connectivity index (χ1) is 12.9. The lowest BCUT2D eigenvalue weighted by Crippen LogP contribution is -2.40. The summed E-state index contributed by atoms with van der Waals surface area (Å²) in [7, 11) is 0. The summed E-state index contributed by atoms with van der Waals surface area (Å²) in [5, 5.41) is 9.17. The Morgan fingerprint density at radius 3 is 2.59 bits per heavy atom. The maximum Gasteiger partial charge on any atom is 0.323 e. The van der Waals surface area contributed by atoms with Crippen LogP contribution in [0.4, 0.5) is 0 Å². The maximum atomic E-state index is 12.9. The number of aliphatic carboxylic acids is 1. The fraction of sp³-hybridized carbons (Fsp3) is 0.263. The number of aryl methyl sites for hydroxylation is 2. The predicted molar refractivity (Wildman–Crippen MR) is 102 cm³/mol. The third-order valence-electron chi connectivity index (χ3n) is 4.38. The van der Waals surface area contributed by atoms with E-state index in [-0.39, 0.29) is 12.1 Å². The SMILES string of the molecule is Cc1sc2ncc(C(=O)N(CCc3ccccc3)CC(=O)O)c(=O)n2c1C. The highest BCUT2D eigenvalue weighted by Gasteiger charge is 2.23. The van der Waals surface area contributed by atoms with Gasteiger partial charge in [-0.15, -0.1) is 11.3 Å². The molecule has 0 saturated heterocycles. The van der Waals surface area contributed by atoms with E-state index in [1.165, 1.54) is 26.8 Å². The molecule has 27 heavy (non-hydrogen) atoms. The van der Waals surface area contributed by atoms with Gasteiger partial charge < -0.3 is 10.0 Å². The third kappa shape index (κ3) is 3.90. The van der Waals surface area contributed by atoms with E-state index in [0.29, 0.717) is 11.4 Å². The molecule has 2 heterocycles. The van der Waals surface area contributed by atoms with Gasteiger partial charge in [0.2, 0.25) is 0 Å². The molecule has 0 unspecified atom stereocenters. The van der Waals surface area contributed by atoms with Crippen molar-refractivity contribution in [3.8, 4) is 0 Å². The minimum absolute atomic E-state index is 0.122. The van der Waals surface area contributed by atoms with Crippen molar-refractivity contribution in [1.82, 2.24) is 14.3 Å². The fourth-order valence-electron chi connectivity index (χ4n) is 2.82.